The quantitative estimate of drug-likeness (QED) is 0.290. The van der Waals surface area contributed by atoms with Crippen LogP contribution in [0.5, 0.6) is 5.75 Å². The molecule has 0 atom stereocenters. The van der Waals surface area contributed by atoms with Crippen LogP contribution in [0.3, 0.4) is 0 Å². The Morgan fingerprint density at radius 2 is 1.69 bits per heavy atom. The van der Waals surface area contributed by atoms with Crippen molar-refractivity contribution in [1.29, 1.82) is 0 Å². The molecule has 3 aromatic carbocycles. The fourth-order valence-electron chi connectivity index (χ4n) is 3.65. The Morgan fingerprint density at radius 3 is 2.41 bits per heavy atom. The van der Waals surface area contributed by atoms with Crippen molar-refractivity contribution in [3.8, 4) is 5.75 Å². The number of phenolic OH excluding ortho intramolecular Hbond substituents is 1. The van der Waals surface area contributed by atoms with E-state index in [2.05, 4.69) is 53.3 Å². The normalized spacial score (nSPS) is 11.4. The van der Waals surface area contributed by atoms with E-state index in [9.17, 15) is 5.11 Å². The minimum atomic E-state index is 0.229. The number of pyridine rings is 1. The summed E-state index contributed by atoms with van der Waals surface area (Å²) in [5.74, 6) is 0.229. The molecule has 0 aliphatic heterocycles. The van der Waals surface area contributed by atoms with Crippen molar-refractivity contribution in [2.24, 2.45) is 0 Å². The van der Waals surface area contributed by atoms with Gasteiger partial charge in [0, 0.05) is 34.4 Å². The van der Waals surface area contributed by atoms with Crippen molar-refractivity contribution in [3.63, 3.8) is 0 Å². The molecule has 0 saturated carbocycles. The molecule has 2 N–H and O–H groups in total. The minimum Gasteiger partial charge on any atom is -0.505 e. The van der Waals surface area contributed by atoms with Crippen LogP contribution in [0.4, 0.5) is 11.4 Å². The molecule has 0 bridgehead atoms. The molecule has 148 valence electrons. The highest BCUT2D eigenvalue weighted by molar-refractivity contribution is 6.31. The lowest BCUT2D eigenvalue weighted by molar-refractivity contribution is 0.291. The number of benzene rings is 3. The first-order chi connectivity index (χ1) is 14.1. The second kappa shape index (κ2) is 8.27. The Labute approximate surface area is 175 Å². The molecule has 0 amide bonds. The van der Waals surface area contributed by atoms with Crippen molar-refractivity contribution in [2.45, 2.75) is 20.4 Å². The lowest BCUT2D eigenvalue weighted by atomic mass is 10.1. The third-order valence-electron chi connectivity index (χ3n) is 5.32. The number of aromatic nitrogens is 1. The zero-order valence-corrected chi connectivity index (χ0v) is 17.4. The van der Waals surface area contributed by atoms with Gasteiger partial charge in [0.2, 0.25) is 0 Å². The number of nitrogens with zero attached hydrogens (tertiary/aromatic N) is 2. The molecule has 29 heavy (non-hydrogen) atoms. The predicted octanol–water partition coefficient (Wildman–Crippen LogP) is 6.33. The highest BCUT2D eigenvalue weighted by Crippen LogP contribution is 2.36. The van der Waals surface area contributed by atoms with Gasteiger partial charge in [0.15, 0.2) is 0 Å². The third-order valence-corrected chi connectivity index (χ3v) is 5.54. The summed E-state index contributed by atoms with van der Waals surface area (Å²) in [4.78, 5) is 6.76. The fourth-order valence-corrected chi connectivity index (χ4v) is 3.89. The van der Waals surface area contributed by atoms with Gasteiger partial charge in [0.05, 0.1) is 11.2 Å². The van der Waals surface area contributed by atoms with Crippen molar-refractivity contribution < 1.29 is 5.11 Å². The van der Waals surface area contributed by atoms with E-state index in [0.29, 0.717) is 17.3 Å². The van der Waals surface area contributed by atoms with Gasteiger partial charge in [-0.1, -0.05) is 49.7 Å². The van der Waals surface area contributed by atoms with Crippen LogP contribution in [-0.2, 0) is 6.54 Å². The third kappa shape index (κ3) is 4.00. The zero-order chi connectivity index (χ0) is 20.4. The summed E-state index contributed by atoms with van der Waals surface area (Å²) >= 11 is 6.37. The van der Waals surface area contributed by atoms with Gasteiger partial charge in [-0.2, -0.15) is 0 Å². The first-order valence-corrected chi connectivity index (χ1v) is 10.2. The van der Waals surface area contributed by atoms with Crippen molar-refractivity contribution in [2.75, 3.05) is 18.4 Å². The van der Waals surface area contributed by atoms with E-state index >= 15 is 0 Å². The van der Waals surface area contributed by atoms with E-state index in [4.69, 9.17) is 11.6 Å². The maximum Gasteiger partial charge on any atom is 0.143 e. The number of aromatic hydroxyl groups is 1. The Balaban J connectivity index is 1.76. The van der Waals surface area contributed by atoms with Gasteiger partial charge in [0.1, 0.15) is 5.75 Å². The van der Waals surface area contributed by atoms with E-state index in [-0.39, 0.29) is 5.75 Å². The average Bonchev–Trinajstić information content (AvgIpc) is 2.73. The van der Waals surface area contributed by atoms with Crippen molar-refractivity contribution in [3.05, 3.63) is 71.4 Å². The maximum absolute atomic E-state index is 10.9. The summed E-state index contributed by atoms with van der Waals surface area (Å²) in [5, 5.41) is 18.2. The molecular formula is C24H24ClN3O. The van der Waals surface area contributed by atoms with Gasteiger partial charge in [0.25, 0.3) is 0 Å². The van der Waals surface area contributed by atoms with Crippen LogP contribution in [-0.4, -0.2) is 28.1 Å². The molecule has 1 heterocycles. The molecule has 0 radical (unpaired) electrons. The highest BCUT2D eigenvalue weighted by atomic mass is 35.5. The summed E-state index contributed by atoms with van der Waals surface area (Å²) < 4.78 is 0. The van der Waals surface area contributed by atoms with Crippen LogP contribution in [0.2, 0.25) is 5.02 Å². The van der Waals surface area contributed by atoms with E-state index in [1.807, 2.05) is 24.3 Å². The summed E-state index contributed by atoms with van der Waals surface area (Å²) in [6.45, 7) is 6.69. The van der Waals surface area contributed by atoms with Crippen molar-refractivity contribution >= 4 is 44.7 Å². The molecule has 4 nitrogen and oxygen atoms in total. The van der Waals surface area contributed by atoms with Gasteiger partial charge in [-0.05, 0) is 54.2 Å². The van der Waals surface area contributed by atoms with Gasteiger partial charge in [-0.25, -0.2) is 0 Å². The van der Waals surface area contributed by atoms with E-state index in [0.717, 1.165) is 46.0 Å². The smallest absolute Gasteiger partial charge is 0.143 e. The SMILES string of the molecule is CCN(CC)Cc1cc(Cl)cc(Nc2ccnc3cc4ccccc4cc23)c1O. The standard InChI is InChI=1S/C24H24ClN3O/c1-3-28(4-2)15-18-11-19(25)14-23(24(18)29)27-21-9-10-26-22-13-17-8-6-5-7-16(17)12-20(21)22/h5-14,29H,3-4,15H2,1-2H3,(H,26,27). The Bertz CT molecular complexity index is 1170. The molecule has 5 heteroatoms. The number of nitrogens with one attached hydrogen (secondary N) is 1. The lowest BCUT2D eigenvalue weighted by Crippen LogP contribution is -2.22. The lowest BCUT2D eigenvalue weighted by Gasteiger charge is -2.20. The number of hydrogen-bond acceptors (Lipinski definition) is 4. The van der Waals surface area contributed by atoms with Crippen LogP contribution in [0, 0.1) is 0 Å². The monoisotopic (exact) mass is 405 g/mol. The largest absolute Gasteiger partial charge is 0.505 e. The first-order valence-electron chi connectivity index (χ1n) is 9.87. The fraction of sp³-hybridized carbons (Fsp3) is 0.208. The van der Waals surface area contributed by atoms with Crippen LogP contribution in [0.1, 0.15) is 19.4 Å². The Kier molecular flexibility index (Phi) is 5.56. The summed E-state index contributed by atoms with van der Waals surface area (Å²) in [6, 6.07) is 17.9. The number of hydrogen-bond donors (Lipinski definition) is 2. The summed E-state index contributed by atoms with van der Waals surface area (Å²) in [6.07, 6.45) is 1.78. The molecule has 0 aliphatic rings. The topological polar surface area (TPSA) is 48.4 Å². The molecular weight excluding hydrogens is 382 g/mol. The van der Waals surface area contributed by atoms with E-state index < -0.39 is 0 Å². The summed E-state index contributed by atoms with van der Waals surface area (Å²) in [5.41, 5.74) is 3.19. The second-order valence-corrected chi connectivity index (χ2v) is 7.56. The molecule has 0 unspecified atom stereocenters. The molecule has 0 spiro atoms. The van der Waals surface area contributed by atoms with Crippen molar-refractivity contribution in [1.82, 2.24) is 9.88 Å². The van der Waals surface area contributed by atoms with Crippen LogP contribution in [0.15, 0.2) is 60.8 Å². The molecule has 1 aromatic heterocycles. The number of halogens is 1. The highest BCUT2D eigenvalue weighted by Gasteiger charge is 2.14. The zero-order valence-electron chi connectivity index (χ0n) is 16.6. The van der Waals surface area contributed by atoms with E-state index in [1.165, 1.54) is 0 Å². The Morgan fingerprint density at radius 1 is 0.966 bits per heavy atom. The molecule has 0 aliphatic carbocycles. The predicted molar refractivity (Wildman–Crippen MR) is 122 cm³/mol. The number of rotatable bonds is 6. The van der Waals surface area contributed by atoms with Gasteiger partial charge >= 0.3 is 0 Å². The number of phenols is 1. The summed E-state index contributed by atoms with van der Waals surface area (Å²) in [7, 11) is 0. The Hall–Kier alpha value is -2.82. The second-order valence-electron chi connectivity index (χ2n) is 7.12. The van der Waals surface area contributed by atoms with Crippen LogP contribution >= 0.6 is 11.6 Å². The molecule has 4 rings (SSSR count). The maximum atomic E-state index is 10.9. The van der Waals surface area contributed by atoms with Crippen LogP contribution in [0.25, 0.3) is 21.7 Å². The van der Waals surface area contributed by atoms with Gasteiger partial charge in [-0.15, -0.1) is 0 Å². The van der Waals surface area contributed by atoms with Crippen LogP contribution < -0.4 is 5.32 Å². The molecule has 0 saturated heterocycles. The first kappa shape index (κ1) is 19.5. The average molecular weight is 406 g/mol. The minimum absolute atomic E-state index is 0.229. The van der Waals surface area contributed by atoms with Gasteiger partial charge < -0.3 is 10.4 Å². The number of anilines is 2. The van der Waals surface area contributed by atoms with E-state index in [1.54, 1.807) is 12.3 Å². The number of fused-ring (bicyclic) bond motifs is 2. The molecule has 0 fully saturated rings. The van der Waals surface area contributed by atoms with Gasteiger partial charge in [-0.3, -0.25) is 9.88 Å². The molecule has 4 aromatic rings.